The number of amides is 4. The summed E-state index contributed by atoms with van der Waals surface area (Å²) in [6.45, 7) is 6.98. The van der Waals surface area contributed by atoms with Crippen LogP contribution >= 0.6 is 0 Å². The summed E-state index contributed by atoms with van der Waals surface area (Å²) in [6, 6.07) is 8.18. The molecule has 45 heavy (non-hydrogen) atoms. The topological polar surface area (TPSA) is 121 Å². The van der Waals surface area contributed by atoms with Gasteiger partial charge in [0.25, 0.3) is 5.91 Å². The number of rotatable bonds is 11. The minimum absolute atomic E-state index is 0.0661. The Morgan fingerprint density at radius 3 is 2.49 bits per heavy atom. The van der Waals surface area contributed by atoms with Crippen LogP contribution < -0.4 is 15.5 Å². The van der Waals surface area contributed by atoms with E-state index in [0.29, 0.717) is 38.0 Å². The Kier molecular flexibility index (Phi) is 10.8. The smallest absolute Gasteiger partial charge is 0.417 e. The van der Waals surface area contributed by atoms with Crippen molar-refractivity contribution < 1.29 is 36.4 Å². The zero-order valence-electron chi connectivity index (χ0n) is 25.3. The number of urea groups is 1. The van der Waals surface area contributed by atoms with Gasteiger partial charge in [0.15, 0.2) is 5.69 Å². The van der Waals surface area contributed by atoms with Crippen LogP contribution in [0.4, 0.5) is 39.7 Å². The standard InChI is InChI=1S/C31H36F4N6O4/c1-4-15-40(29(44)38-24-10-6-5-9-22(24)32)17-14-19(2)20(3)23-13-12-21(18-36-23)37-28(43)26-27(31(33,34)35)39-30(45-26)41-16-8-7-11-25(41)42/h5-6,9-10,12-13,18-20H,4,7-8,11,14-17H2,1-3H3,(H,37,43)(H,38,44). The highest BCUT2D eigenvalue weighted by Crippen LogP contribution is 2.35. The third-order valence-corrected chi connectivity index (χ3v) is 7.76. The van der Waals surface area contributed by atoms with E-state index in [1.807, 2.05) is 20.8 Å². The molecule has 0 aliphatic carbocycles. The fourth-order valence-corrected chi connectivity index (χ4v) is 4.96. The molecule has 2 atom stereocenters. The molecule has 10 nitrogen and oxygen atoms in total. The molecule has 2 unspecified atom stereocenters. The van der Waals surface area contributed by atoms with Gasteiger partial charge in [0.05, 0.1) is 17.6 Å². The second-order valence-electron chi connectivity index (χ2n) is 11.1. The van der Waals surface area contributed by atoms with Crippen LogP contribution in [-0.4, -0.2) is 52.3 Å². The fraction of sp³-hybridized carbons (Fsp3) is 0.452. The third-order valence-electron chi connectivity index (χ3n) is 7.76. The lowest BCUT2D eigenvalue weighted by atomic mass is 9.89. The summed E-state index contributed by atoms with van der Waals surface area (Å²) in [6.07, 6.45) is -0.955. The lowest BCUT2D eigenvalue weighted by molar-refractivity contribution is -0.141. The zero-order chi connectivity index (χ0) is 32.7. The molecule has 242 valence electrons. The minimum atomic E-state index is -4.98. The first kappa shape index (κ1) is 33.4. The largest absolute Gasteiger partial charge is 0.437 e. The van der Waals surface area contributed by atoms with Crippen LogP contribution in [0.3, 0.4) is 0 Å². The van der Waals surface area contributed by atoms with Crippen LogP contribution in [0.2, 0.25) is 0 Å². The van der Waals surface area contributed by atoms with Gasteiger partial charge < -0.3 is 20.0 Å². The van der Waals surface area contributed by atoms with Gasteiger partial charge in [-0.2, -0.15) is 18.2 Å². The number of halogens is 4. The number of hydrogen-bond acceptors (Lipinski definition) is 6. The Balaban J connectivity index is 1.38. The lowest BCUT2D eigenvalue weighted by Crippen LogP contribution is -2.37. The first-order valence-electron chi connectivity index (χ1n) is 14.8. The molecule has 1 aromatic carbocycles. The number of nitrogens with zero attached hydrogens (tertiary/aromatic N) is 4. The van der Waals surface area contributed by atoms with Crippen molar-refractivity contribution in [3.05, 3.63) is 65.6 Å². The normalized spacial score (nSPS) is 15.0. The number of hydrogen-bond donors (Lipinski definition) is 2. The van der Waals surface area contributed by atoms with E-state index in [2.05, 4.69) is 20.6 Å². The van der Waals surface area contributed by atoms with E-state index in [1.54, 1.807) is 23.1 Å². The Hall–Kier alpha value is -4.49. The first-order chi connectivity index (χ1) is 21.4. The second kappa shape index (κ2) is 14.5. The van der Waals surface area contributed by atoms with E-state index in [-0.39, 0.29) is 36.2 Å². The number of benzene rings is 1. The van der Waals surface area contributed by atoms with Crippen molar-refractivity contribution in [3.8, 4) is 0 Å². The van der Waals surface area contributed by atoms with Gasteiger partial charge in [0, 0.05) is 37.7 Å². The summed E-state index contributed by atoms with van der Waals surface area (Å²) in [5.41, 5.74) is -0.584. The molecule has 2 aromatic heterocycles. The van der Waals surface area contributed by atoms with Crippen LogP contribution in [0.25, 0.3) is 0 Å². The number of carbonyl (C=O) groups excluding carboxylic acids is 3. The summed E-state index contributed by atoms with van der Waals surface area (Å²) in [5.74, 6) is -3.16. The van der Waals surface area contributed by atoms with E-state index in [1.165, 1.54) is 24.4 Å². The average molecular weight is 633 g/mol. The molecule has 0 bridgehead atoms. The van der Waals surface area contributed by atoms with Crippen LogP contribution in [-0.2, 0) is 11.0 Å². The van der Waals surface area contributed by atoms with Gasteiger partial charge >= 0.3 is 18.2 Å². The number of aromatic nitrogens is 2. The monoisotopic (exact) mass is 632 g/mol. The highest BCUT2D eigenvalue weighted by atomic mass is 19.4. The van der Waals surface area contributed by atoms with E-state index in [0.717, 1.165) is 11.3 Å². The van der Waals surface area contributed by atoms with Crippen LogP contribution in [0.5, 0.6) is 0 Å². The average Bonchev–Trinajstić information content (AvgIpc) is 3.47. The van der Waals surface area contributed by atoms with Crippen molar-refractivity contribution >= 4 is 35.2 Å². The molecule has 3 heterocycles. The number of nitrogens with one attached hydrogen (secondary N) is 2. The molecule has 3 aromatic rings. The number of anilines is 3. The molecule has 0 radical (unpaired) electrons. The van der Waals surface area contributed by atoms with E-state index in [9.17, 15) is 31.9 Å². The molecule has 14 heteroatoms. The predicted molar refractivity (Wildman–Crippen MR) is 159 cm³/mol. The maximum atomic E-state index is 14.0. The summed E-state index contributed by atoms with van der Waals surface area (Å²) in [7, 11) is 0. The van der Waals surface area contributed by atoms with Crippen molar-refractivity contribution in [1.82, 2.24) is 14.9 Å². The van der Waals surface area contributed by atoms with Crippen molar-refractivity contribution in [3.63, 3.8) is 0 Å². The lowest BCUT2D eigenvalue weighted by Gasteiger charge is -2.26. The Morgan fingerprint density at radius 1 is 1.09 bits per heavy atom. The van der Waals surface area contributed by atoms with Gasteiger partial charge in [0.1, 0.15) is 5.82 Å². The number of alkyl halides is 3. The van der Waals surface area contributed by atoms with E-state index < -0.39 is 47.3 Å². The second-order valence-corrected chi connectivity index (χ2v) is 11.1. The van der Waals surface area contributed by atoms with Gasteiger partial charge in [-0.15, -0.1) is 0 Å². The molecule has 4 rings (SSSR count). The molecular formula is C31H36F4N6O4. The molecular weight excluding hydrogens is 596 g/mol. The number of pyridine rings is 1. The molecule has 1 saturated heterocycles. The Labute approximate surface area is 258 Å². The maximum Gasteiger partial charge on any atom is 0.437 e. The molecule has 1 fully saturated rings. The van der Waals surface area contributed by atoms with Crippen molar-refractivity contribution in [2.24, 2.45) is 5.92 Å². The first-order valence-corrected chi connectivity index (χ1v) is 14.8. The Morgan fingerprint density at radius 2 is 1.84 bits per heavy atom. The van der Waals surface area contributed by atoms with Crippen molar-refractivity contribution in [2.45, 2.75) is 65.0 Å². The predicted octanol–water partition coefficient (Wildman–Crippen LogP) is 7.07. The van der Waals surface area contributed by atoms with Gasteiger partial charge in [-0.05, 0) is 55.9 Å². The van der Waals surface area contributed by atoms with Crippen molar-refractivity contribution in [2.75, 3.05) is 35.2 Å². The summed E-state index contributed by atoms with van der Waals surface area (Å²) in [4.78, 5) is 48.3. The highest BCUT2D eigenvalue weighted by Gasteiger charge is 2.42. The van der Waals surface area contributed by atoms with Crippen molar-refractivity contribution in [1.29, 1.82) is 0 Å². The van der Waals surface area contributed by atoms with Crippen LogP contribution in [0.1, 0.15) is 80.7 Å². The summed E-state index contributed by atoms with van der Waals surface area (Å²) >= 11 is 0. The van der Waals surface area contributed by atoms with Gasteiger partial charge in [0.2, 0.25) is 11.7 Å². The summed E-state index contributed by atoms with van der Waals surface area (Å²) < 4.78 is 60.3. The molecule has 0 spiro atoms. The van der Waals surface area contributed by atoms with E-state index >= 15 is 0 Å². The SMILES string of the molecule is CCCN(CCC(C)C(C)c1ccc(NC(=O)c2oc(N3CCCCC3=O)nc2C(F)(F)F)cn1)C(=O)Nc1ccccc1F. The van der Waals surface area contributed by atoms with Gasteiger partial charge in [-0.3, -0.25) is 19.5 Å². The van der Waals surface area contributed by atoms with Gasteiger partial charge in [-0.25, -0.2) is 9.18 Å². The molecule has 0 saturated carbocycles. The number of carbonyl (C=O) groups is 3. The molecule has 4 amide bonds. The molecule has 1 aliphatic heterocycles. The maximum absolute atomic E-state index is 14.0. The van der Waals surface area contributed by atoms with Gasteiger partial charge in [-0.1, -0.05) is 32.9 Å². The Bertz CT molecular complexity index is 1490. The molecule has 1 aliphatic rings. The fourth-order valence-electron chi connectivity index (χ4n) is 4.96. The number of piperidine rings is 1. The highest BCUT2D eigenvalue weighted by molar-refractivity contribution is 6.03. The zero-order valence-corrected chi connectivity index (χ0v) is 25.3. The summed E-state index contributed by atoms with van der Waals surface area (Å²) in [5, 5.41) is 4.99. The van der Waals surface area contributed by atoms with E-state index in [4.69, 9.17) is 4.42 Å². The quantitative estimate of drug-likeness (QED) is 0.218. The minimum Gasteiger partial charge on any atom is -0.417 e. The number of oxazole rings is 1. The van der Waals surface area contributed by atoms with Crippen LogP contribution in [0, 0.1) is 11.7 Å². The van der Waals surface area contributed by atoms with Crippen LogP contribution in [0.15, 0.2) is 47.0 Å². The third kappa shape index (κ3) is 8.37. The number of para-hydroxylation sites is 1. The molecule has 2 N–H and O–H groups in total.